The third-order valence-corrected chi connectivity index (χ3v) is 2.90. The average Bonchev–Trinajstić information content (AvgIpc) is 2.63. The zero-order valence-corrected chi connectivity index (χ0v) is 10.9. The van der Waals surface area contributed by atoms with E-state index in [-0.39, 0.29) is 5.82 Å². The molecule has 1 atom stereocenters. The molecule has 17 heavy (non-hydrogen) atoms. The fourth-order valence-corrected chi connectivity index (χ4v) is 2.20. The Morgan fingerprint density at radius 3 is 2.71 bits per heavy atom. The van der Waals surface area contributed by atoms with Gasteiger partial charge in [-0.05, 0) is 42.8 Å². The minimum Gasteiger partial charge on any atom is -0.464 e. The molecule has 0 amide bonds. The van der Waals surface area contributed by atoms with E-state index in [4.69, 9.17) is 4.42 Å². The second-order valence-corrected chi connectivity index (χ2v) is 4.86. The highest BCUT2D eigenvalue weighted by Crippen LogP contribution is 2.23. The van der Waals surface area contributed by atoms with E-state index in [1.54, 1.807) is 18.2 Å². The highest BCUT2D eigenvalue weighted by molar-refractivity contribution is 9.10. The molecule has 0 saturated heterocycles. The summed E-state index contributed by atoms with van der Waals surface area (Å²) in [5.74, 6) is 0.930. The molecular weight excluding hydrogens is 287 g/mol. The monoisotopic (exact) mass is 298 g/mol. The topological polar surface area (TPSA) is 33.4 Å². The Morgan fingerprint density at radius 1 is 1.35 bits per heavy atom. The number of aliphatic hydroxyl groups is 1. The fourth-order valence-electron chi connectivity index (χ4n) is 1.69. The zero-order valence-electron chi connectivity index (χ0n) is 9.28. The van der Waals surface area contributed by atoms with Crippen molar-refractivity contribution in [2.75, 3.05) is 0 Å². The Balaban J connectivity index is 2.15. The number of furan rings is 1. The van der Waals surface area contributed by atoms with Crippen molar-refractivity contribution in [2.45, 2.75) is 19.4 Å². The predicted octanol–water partition coefficient (Wildman–Crippen LogP) is 3.77. The van der Waals surface area contributed by atoms with Crippen molar-refractivity contribution in [1.82, 2.24) is 0 Å². The van der Waals surface area contributed by atoms with Crippen LogP contribution in [0, 0.1) is 12.7 Å². The van der Waals surface area contributed by atoms with Crippen LogP contribution in [0.25, 0.3) is 0 Å². The van der Waals surface area contributed by atoms with Gasteiger partial charge in [0.15, 0.2) is 0 Å². The van der Waals surface area contributed by atoms with Crippen molar-refractivity contribution in [1.29, 1.82) is 0 Å². The van der Waals surface area contributed by atoms with Gasteiger partial charge < -0.3 is 9.52 Å². The van der Waals surface area contributed by atoms with Crippen molar-refractivity contribution in [3.05, 3.63) is 57.7 Å². The third-order valence-electron chi connectivity index (χ3n) is 2.44. The van der Waals surface area contributed by atoms with Gasteiger partial charge in [-0.15, -0.1) is 0 Å². The summed E-state index contributed by atoms with van der Waals surface area (Å²) in [5.41, 5.74) is 0.721. The Hall–Kier alpha value is -1.13. The molecule has 1 aromatic heterocycles. The molecule has 1 unspecified atom stereocenters. The van der Waals surface area contributed by atoms with Crippen molar-refractivity contribution in [3.63, 3.8) is 0 Å². The second kappa shape index (κ2) is 5.02. The first kappa shape index (κ1) is 12.3. The predicted molar refractivity (Wildman–Crippen MR) is 66.2 cm³/mol. The van der Waals surface area contributed by atoms with Crippen LogP contribution in [0.1, 0.15) is 23.2 Å². The van der Waals surface area contributed by atoms with Crippen LogP contribution in [0.15, 0.2) is 39.2 Å². The molecule has 2 nitrogen and oxygen atoms in total. The van der Waals surface area contributed by atoms with Crippen molar-refractivity contribution >= 4 is 15.9 Å². The molecule has 1 aromatic carbocycles. The Kier molecular flexibility index (Phi) is 3.64. The Morgan fingerprint density at radius 2 is 2.12 bits per heavy atom. The Labute approximate surface area is 107 Å². The largest absolute Gasteiger partial charge is 0.464 e. The maximum atomic E-state index is 13.1. The first-order valence-corrected chi connectivity index (χ1v) is 6.03. The molecule has 0 fully saturated rings. The van der Waals surface area contributed by atoms with E-state index in [0.29, 0.717) is 16.7 Å². The average molecular weight is 299 g/mol. The molecule has 0 aliphatic heterocycles. The molecule has 1 heterocycles. The van der Waals surface area contributed by atoms with E-state index in [1.165, 1.54) is 12.1 Å². The number of hydrogen-bond donors (Lipinski definition) is 1. The van der Waals surface area contributed by atoms with Gasteiger partial charge in [-0.25, -0.2) is 4.39 Å². The van der Waals surface area contributed by atoms with Gasteiger partial charge in [0, 0.05) is 10.9 Å². The number of hydrogen-bond acceptors (Lipinski definition) is 2. The van der Waals surface area contributed by atoms with Crippen LogP contribution in [0.3, 0.4) is 0 Å². The van der Waals surface area contributed by atoms with Gasteiger partial charge in [-0.3, -0.25) is 0 Å². The summed E-state index contributed by atoms with van der Waals surface area (Å²) in [7, 11) is 0. The maximum absolute atomic E-state index is 13.1. The zero-order chi connectivity index (χ0) is 12.4. The normalized spacial score (nSPS) is 12.7. The second-order valence-electron chi connectivity index (χ2n) is 3.95. The number of aryl methyl sites for hydroxylation is 1. The summed E-state index contributed by atoms with van der Waals surface area (Å²) in [5, 5.41) is 9.94. The molecule has 0 saturated carbocycles. The van der Waals surface area contributed by atoms with Gasteiger partial charge in [0.1, 0.15) is 23.4 Å². The molecule has 0 aliphatic rings. The van der Waals surface area contributed by atoms with E-state index in [2.05, 4.69) is 15.9 Å². The summed E-state index contributed by atoms with van der Waals surface area (Å²) >= 11 is 3.22. The van der Waals surface area contributed by atoms with Crippen LogP contribution in [-0.2, 0) is 6.42 Å². The summed E-state index contributed by atoms with van der Waals surface area (Å²) < 4.78 is 19.1. The minimum absolute atomic E-state index is 0.322. The van der Waals surface area contributed by atoms with Crippen LogP contribution in [-0.4, -0.2) is 5.11 Å². The van der Waals surface area contributed by atoms with Crippen molar-refractivity contribution < 1.29 is 13.9 Å². The van der Waals surface area contributed by atoms with E-state index in [0.717, 1.165) is 11.3 Å². The van der Waals surface area contributed by atoms with Gasteiger partial charge in [0.2, 0.25) is 0 Å². The van der Waals surface area contributed by atoms with Crippen molar-refractivity contribution in [3.8, 4) is 0 Å². The smallest absolute Gasteiger partial charge is 0.132 e. The standard InChI is InChI=1S/C13H12BrFO2/c1-8-2-3-13(17-8)12(16)6-9-4-10(14)7-11(15)5-9/h2-5,7,12,16H,6H2,1H3. The maximum Gasteiger partial charge on any atom is 0.132 e. The summed E-state index contributed by atoms with van der Waals surface area (Å²) in [4.78, 5) is 0. The highest BCUT2D eigenvalue weighted by atomic mass is 79.9. The molecule has 90 valence electrons. The lowest BCUT2D eigenvalue weighted by molar-refractivity contribution is 0.148. The molecule has 1 N–H and O–H groups in total. The number of halogens is 2. The number of aliphatic hydroxyl groups excluding tert-OH is 1. The van der Waals surface area contributed by atoms with Crippen LogP contribution in [0.2, 0.25) is 0 Å². The van der Waals surface area contributed by atoms with Crippen LogP contribution >= 0.6 is 15.9 Å². The molecule has 0 radical (unpaired) electrons. The van der Waals surface area contributed by atoms with Gasteiger partial charge in [-0.2, -0.15) is 0 Å². The van der Waals surface area contributed by atoms with Gasteiger partial charge in [0.05, 0.1) is 0 Å². The lowest BCUT2D eigenvalue weighted by atomic mass is 10.1. The molecule has 0 aliphatic carbocycles. The molecule has 0 spiro atoms. The number of rotatable bonds is 3. The van der Waals surface area contributed by atoms with Gasteiger partial charge >= 0.3 is 0 Å². The minimum atomic E-state index is -0.752. The molecule has 4 heteroatoms. The summed E-state index contributed by atoms with van der Waals surface area (Å²) in [6, 6.07) is 8.09. The molecule has 2 rings (SSSR count). The highest BCUT2D eigenvalue weighted by Gasteiger charge is 2.13. The quantitative estimate of drug-likeness (QED) is 0.936. The molecular formula is C13H12BrFO2. The molecule has 2 aromatic rings. The summed E-state index contributed by atoms with van der Waals surface area (Å²) in [6.07, 6.45) is -0.430. The summed E-state index contributed by atoms with van der Waals surface area (Å²) in [6.45, 7) is 1.81. The van der Waals surface area contributed by atoms with E-state index >= 15 is 0 Å². The lowest BCUT2D eigenvalue weighted by Gasteiger charge is -2.08. The van der Waals surface area contributed by atoms with E-state index < -0.39 is 6.10 Å². The fraction of sp³-hybridized carbons (Fsp3) is 0.231. The molecule has 0 bridgehead atoms. The first-order chi connectivity index (χ1) is 8.04. The van der Waals surface area contributed by atoms with Crippen LogP contribution < -0.4 is 0 Å². The lowest BCUT2D eigenvalue weighted by Crippen LogP contribution is -2.00. The number of benzene rings is 1. The SMILES string of the molecule is Cc1ccc(C(O)Cc2cc(F)cc(Br)c2)o1. The third kappa shape index (κ3) is 3.17. The van der Waals surface area contributed by atoms with E-state index in [9.17, 15) is 9.50 Å². The Bertz CT molecular complexity index is 502. The van der Waals surface area contributed by atoms with Crippen LogP contribution in [0.4, 0.5) is 4.39 Å². The van der Waals surface area contributed by atoms with E-state index in [1.807, 2.05) is 6.92 Å². The van der Waals surface area contributed by atoms with Crippen molar-refractivity contribution in [2.24, 2.45) is 0 Å². The van der Waals surface area contributed by atoms with Crippen LogP contribution in [0.5, 0.6) is 0 Å². The van der Waals surface area contributed by atoms with Gasteiger partial charge in [-0.1, -0.05) is 15.9 Å². The first-order valence-electron chi connectivity index (χ1n) is 5.24. The van der Waals surface area contributed by atoms with Gasteiger partial charge in [0.25, 0.3) is 0 Å².